The van der Waals surface area contributed by atoms with E-state index in [1.807, 2.05) is 62.4 Å². The Balaban J connectivity index is 1.44. The third kappa shape index (κ3) is 5.08. The van der Waals surface area contributed by atoms with E-state index in [4.69, 9.17) is 14.5 Å². The fourth-order valence-electron chi connectivity index (χ4n) is 5.48. The Bertz CT molecular complexity index is 1670. The van der Waals surface area contributed by atoms with Crippen LogP contribution in [0.4, 0.5) is 5.13 Å². The van der Waals surface area contributed by atoms with Gasteiger partial charge in [0.15, 0.2) is 5.13 Å². The molecule has 0 bridgehead atoms. The zero-order chi connectivity index (χ0) is 28.7. The molecule has 3 aromatic carbocycles. The molecule has 3 heterocycles. The molecule has 0 aliphatic carbocycles. The summed E-state index contributed by atoms with van der Waals surface area (Å²) in [6.45, 7) is 6.76. The number of anilines is 1. The van der Waals surface area contributed by atoms with Crippen LogP contribution in [-0.2, 0) is 16.0 Å². The maximum atomic E-state index is 13.6. The number of thiazole rings is 1. The second-order valence-corrected chi connectivity index (χ2v) is 11.7. The SMILES string of the molecule is CCCCCOc1ccc([C@@H]2/C(=C(\O)c3ccc4c(c3)C[C@@H](C)O4)C(=O)C(=O)N2c2nc3ccc(C)cc3s2)cc1. The third-order valence-electron chi connectivity index (χ3n) is 7.57. The number of ether oxygens (including phenoxy) is 2. The van der Waals surface area contributed by atoms with Gasteiger partial charge in [-0.1, -0.05) is 49.3 Å². The molecule has 0 radical (unpaired) electrons. The molecule has 2 aliphatic heterocycles. The quantitative estimate of drug-likeness (QED) is 0.105. The van der Waals surface area contributed by atoms with Crippen molar-refractivity contribution in [2.45, 2.75) is 58.6 Å². The van der Waals surface area contributed by atoms with Crippen LogP contribution in [0.2, 0.25) is 0 Å². The van der Waals surface area contributed by atoms with Crippen LogP contribution < -0.4 is 14.4 Å². The molecule has 2 atom stereocenters. The van der Waals surface area contributed by atoms with Gasteiger partial charge < -0.3 is 14.6 Å². The predicted octanol–water partition coefficient (Wildman–Crippen LogP) is 7.12. The largest absolute Gasteiger partial charge is 0.507 e. The fourth-order valence-corrected chi connectivity index (χ4v) is 6.57. The van der Waals surface area contributed by atoms with E-state index in [-0.39, 0.29) is 17.4 Å². The van der Waals surface area contributed by atoms with Crippen LogP contribution in [0.3, 0.4) is 0 Å². The van der Waals surface area contributed by atoms with E-state index in [0.29, 0.717) is 35.0 Å². The van der Waals surface area contributed by atoms with E-state index in [1.165, 1.54) is 16.2 Å². The van der Waals surface area contributed by atoms with Gasteiger partial charge in [0.1, 0.15) is 23.4 Å². The number of carbonyl (C=O) groups excluding carboxylic acids is 2. The lowest BCUT2D eigenvalue weighted by atomic mass is 9.94. The van der Waals surface area contributed by atoms with Gasteiger partial charge >= 0.3 is 5.91 Å². The normalized spacial score (nSPS) is 19.5. The molecule has 1 amide bonds. The van der Waals surface area contributed by atoms with Crippen LogP contribution in [-0.4, -0.2) is 34.5 Å². The molecule has 0 spiro atoms. The summed E-state index contributed by atoms with van der Waals surface area (Å²) in [5, 5.41) is 12.0. The first-order valence-electron chi connectivity index (χ1n) is 14.0. The molecule has 1 N–H and O–H groups in total. The van der Waals surface area contributed by atoms with Gasteiger partial charge in [0.25, 0.3) is 5.78 Å². The lowest BCUT2D eigenvalue weighted by Gasteiger charge is -2.23. The summed E-state index contributed by atoms with van der Waals surface area (Å²) in [7, 11) is 0. The van der Waals surface area contributed by atoms with Crippen LogP contribution in [0.15, 0.2) is 66.2 Å². The van der Waals surface area contributed by atoms with Gasteiger partial charge in [-0.2, -0.15) is 0 Å². The summed E-state index contributed by atoms with van der Waals surface area (Å²) in [6.07, 6.45) is 3.93. The highest BCUT2D eigenvalue weighted by molar-refractivity contribution is 7.22. The Morgan fingerprint density at radius 2 is 1.90 bits per heavy atom. The zero-order valence-corrected chi connectivity index (χ0v) is 24.2. The second-order valence-electron chi connectivity index (χ2n) is 10.7. The third-order valence-corrected chi connectivity index (χ3v) is 8.58. The summed E-state index contributed by atoms with van der Waals surface area (Å²) in [4.78, 5) is 33.4. The van der Waals surface area contributed by atoms with Crippen LogP contribution in [0.5, 0.6) is 11.5 Å². The van der Waals surface area contributed by atoms with E-state index in [1.54, 1.807) is 12.1 Å². The summed E-state index contributed by atoms with van der Waals surface area (Å²) >= 11 is 1.35. The molecule has 41 heavy (non-hydrogen) atoms. The van der Waals surface area contributed by atoms with E-state index >= 15 is 0 Å². The molecular weight excluding hydrogens is 536 g/mol. The molecule has 1 fully saturated rings. The highest BCUT2D eigenvalue weighted by Gasteiger charge is 2.48. The number of carbonyl (C=O) groups is 2. The van der Waals surface area contributed by atoms with Gasteiger partial charge in [-0.05, 0) is 79.4 Å². The summed E-state index contributed by atoms with van der Waals surface area (Å²) in [5.41, 5.74) is 3.98. The minimum Gasteiger partial charge on any atom is -0.507 e. The number of amides is 1. The van der Waals surface area contributed by atoms with Gasteiger partial charge in [0, 0.05) is 12.0 Å². The first kappa shape index (κ1) is 27.0. The number of aryl methyl sites for hydroxylation is 1. The number of Topliss-reactive ketones (excluding diaryl/α,β-unsaturated/α-hetero) is 1. The Kier molecular flexibility index (Phi) is 7.26. The van der Waals surface area contributed by atoms with Gasteiger partial charge in [-0.25, -0.2) is 4.98 Å². The molecular formula is C33H32N2O5S. The molecule has 8 heteroatoms. The van der Waals surface area contributed by atoms with Gasteiger partial charge in [0.2, 0.25) is 0 Å². The molecule has 6 rings (SSSR count). The maximum absolute atomic E-state index is 13.6. The Morgan fingerprint density at radius 1 is 1.10 bits per heavy atom. The lowest BCUT2D eigenvalue weighted by Crippen LogP contribution is -2.29. The molecule has 0 saturated carbocycles. The maximum Gasteiger partial charge on any atom is 0.301 e. The fraction of sp³-hybridized carbons (Fsp3) is 0.303. The van der Waals surface area contributed by atoms with Gasteiger partial charge in [-0.15, -0.1) is 0 Å². The van der Waals surface area contributed by atoms with Crippen LogP contribution >= 0.6 is 11.3 Å². The van der Waals surface area contributed by atoms with Gasteiger partial charge in [-0.3, -0.25) is 14.5 Å². The summed E-state index contributed by atoms with van der Waals surface area (Å²) < 4.78 is 12.6. The number of hydrogen-bond donors (Lipinski definition) is 1. The van der Waals surface area contributed by atoms with Crippen molar-refractivity contribution in [1.82, 2.24) is 4.98 Å². The molecule has 210 valence electrons. The second kappa shape index (κ2) is 11.0. The smallest absolute Gasteiger partial charge is 0.301 e. The lowest BCUT2D eigenvalue weighted by molar-refractivity contribution is -0.132. The van der Waals surface area contributed by atoms with Crippen LogP contribution in [0, 0.1) is 6.92 Å². The predicted molar refractivity (Wildman–Crippen MR) is 161 cm³/mol. The van der Waals surface area contributed by atoms with E-state index in [2.05, 4.69) is 6.92 Å². The molecule has 1 saturated heterocycles. The number of rotatable bonds is 8. The number of aromatic nitrogens is 1. The number of hydrogen-bond acceptors (Lipinski definition) is 7. The van der Waals surface area contributed by atoms with Crippen molar-refractivity contribution < 1.29 is 24.2 Å². The summed E-state index contributed by atoms with van der Waals surface area (Å²) in [5.74, 6) is -0.191. The number of ketones is 1. The minimum atomic E-state index is -0.853. The Hall–Kier alpha value is -4.17. The van der Waals surface area contributed by atoms with Crippen molar-refractivity contribution in [3.8, 4) is 11.5 Å². The highest BCUT2D eigenvalue weighted by Crippen LogP contribution is 2.45. The number of aliphatic hydroxyl groups excluding tert-OH is 1. The minimum absolute atomic E-state index is 0.0361. The Morgan fingerprint density at radius 3 is 2.68 bits per heavy atom. The topological polar surface area (TPSA) is 89.0 Å². The van der Waals surface area contributed by atoms with Crippen LogP contribution in [0.25, 0.3) is 16.0 Å². The monoisotopic (exact) mass is 568 g/mol. The average Bonchev–Trinajstić information content (AvgIpc) is 3.63. The zero-order valence-electron chi connectivity index (χ0n) is 23.3. The van der Waals surface area contributed by atoms with E-state index in [9.17, 15) is 14.7 Å². The number of nitrogens with zero attached hydrogens (tertiary/aromatic N) is 2. The van der Waals surface area contributed by atoms with Crippen molar-refractivity contribution in [3.63, 3.8) is 0 Å². The van der Waals surface area contributed by atoms with Crippen molar-refractivity contribution in [1.29, 1.82) is 0 Å². The van der Waals surface area contributed by atoms with Crippen molar-refractivity contribution in [2.24, 2.45) is 0 Å². The number of benzene rings is 3. The van der Waals surface area contributed by atoms with Crippen molar-refractivity contribution in [3.05, 3.63) is 88.5 Å². The molecule has 4 aromatic rings. The van der Waals surface area contributed by atoms with E-state index in [0.717, 1.165) is 46.4 Å². The number of unbranched alkanes of at least 4 members (excludes halogenated alkanes) is 2. The first-order chi connectivity index (χ1) is 19.8. The number of fused-ring (bicyclic) bond motifs is 2. The summed E-state index contributed by atoms with van der Waals surface area (Å²) in [6, 6.07) is 17.8. The van der Waals surface area contributed by atoms with Crippen LogP contribution in [0.1, 0.15) is 61.4 Å². The van der Waals surface area contributed by atoms with Crippen molar-refractivity contribution in [2.75, 3.05) is 11.5 Å². The highest BCUT2D eigenvalue weighted by atomic mass is 32.1. The standard InChI is InChI=1S/C33H32N2O5S/c1-4-5-6-15-39-24-11-8-21(9-12-24)29-28(30(36)22-10-14-26-23(18-22)17-20(3)40-26)31(37)32(38)35(29)33-34-25-13-7-19(2)16-27(25)41-33/h7-14,16,18,20,29,36H,4-6,15,17H2,1-3H3/b30-28+/t20-,29-/m1/s1. The van der Waals surface area contributed by atoms with E-state index < -0.39 is 17.7 Å². The van der Waals surface area contributed by atoms with Crippen molar-refractivity contribution >= 4 is 44.1 Å². The molecule has 2 aliphatic rings. The molecule has 7 nitrogen and oxygen atoms in total. The van der Waals surface area contributed by atoms with Gasteiger partial charge in [0.05, 0.1) is 28.4 Å². The molecule has 1 aromatic heterocycles. The average molecular weight is 569 g/mol. The molecule has 0 unspecified atom stereocenters. The number of aliphatic hydroxyl groups is 1. The first-order valence-corrected chi connectivity index (χ1v) is 14.9. The Labute approximate surface area is 243 Å².